The summed E-state index contributed by atoms with van der Waals surface area (Å²) in [5, 5.41) is 7.76. The van der Waals surface area contributed by atoms with Crippen molar-refractivity contribution in [1.29, 1.82) is 0 Å². The Morgan fingerprint density at radius 2 is 1.92 bits per heavy atom. The van der Waals surface area contributed by atoms with Gasteiger partial charge in [-0.05, 0) is 55.3 Å². The highest BCUT2D eigenvalue weighted by molar-refractivity contribution is 7.92. The predicted octanol–water partition coefficient (Wildman–Crippen LogP) is 3.61. The number of aromatic nitrogens is 3. The molecule has 2 aromatic carbocycles. The molecular formula is C27H33N7O2S. The summed E-state index contributed by atoms with van der Waals surface area (Å²) in [7, 11) is -1.76. The van der Waals surface area contributed by atoms with E-state index in [-0.39, 0.29) is 0 Å². The molecule has 5 rings (SSSR count). The second-order valence-corrected chi connectivity index (χ2v) is 11.6. The fourth-order valence-corrected chi connectivity index (χ4v) is 5.25. The molecule has 37 heavy (non-hydrogen) atoms. The molecule has 0 spiro atoms. The summed E-state index contributed by atoms with van der Waals surface area (Å²) in [5.74, 6) is 0.535. The number of hydrogen-bond donors (Lipinski definition) is 2. The molecule has 1 aliphatic rings. The molecule has 10 heteroatoms. The van der Waals surface area contributed by atoms with Gasteiger partial charge in [-0.15, -0.1) is 0 Å². The molecule has 3 heterocycles. The molecule has 1 saturated heterocycles. The maximum absolute atomic E-state index is 12.1. The van der Waals surface area contributed by atoms with Gasteiger partial charge in [0.25, 0.3) is 0 Å². The van der Waals surface area contributed by atoms with Crippen molar-refractivity contribution < 1.29 is 8.42 Å². The number of nitrogens with zero attached hydrogens (tertiary/aromatic N) is 5. The highest BCUT2D eigenvalue weighted by Gasteiger charge is 2.17. The number of rotatable bonds is 8. The number of fused-ring (bicyclic) bond motifs is 1. The van der Waals surface area contributed by atoms with Gasteiger partial charge in [0.05, 0.1) is 11.9 Å². The van der Waals surface area contributed by atoms with E-state index in [2.05, 4.69) is 56.3 Å². The molecular weight excluding hydrogens is 486 g/mol. The Kier molecular flexibility index (Phi) is 7.03. The van der Waals surface area contributed by atoms with Gasteiger partial charge in [-0.2, -0.15) is 4.98 Å². The Labute approximate surface area is 218 Å². The molecule has 0 bridgehead atoms. The molecule has 1 atom stereocenters. The van der Waals surface area contributed by atoms with Gasteiger partial charge in [0.1, 0.15) is 5.65 Å². The first-order valence-corrected chi connectivity index (χ1v) is 14.3. The number of para-hydroxylation sites is 1. The van der Waals surface area contributed by atoms with Crippen molar-refractivity contribution in [1.82, 2.24) is 19.9 Å². The van der Waals surface area contributed by atoms with E-state index in [0.717, 1.165) is 41.9 Å². The van der Waals surface area contributed by atoms with Gasteiger partial charge in [0, 0.05) is 68.4 Å². The van der Waals surface area contributed by atoms with E-state index in [1.54, 1.807) is 7.05 Å². The molecule has 0 unspecified atom stereocenters. The molecule has 9 nitrogen and oxygen atoms in total. The zero-order chi connectivity index (χ0) is 26.0. The Morgan fingerprint density at radius 1 is 1.14 bits per heavy atom. The summed E-state index contributed by atoms with van der Waals surface area (Å²) < 4.78 is 27.6. The van der Waals surface area contributed by atoms with Gasteiger partial charge < -0.3 is 20.1 Å². The summed E-state index contributed by atoms with van der Waals surface area (Å²) in [6.07, 6.45) is 5.70. The summed E-state index contributed by atoms with van der Waals surface area (Å²) in [6, 6.07) is 18.5. The van der Waals surface area contributed by atoms with Gasteiger partial charge in [-0.3, -0.25) is 4.31 Å². The minimum absolute atomic E-state index is 0.483. The van der Waals surface area contributed by atoms with Crippen molar-refractivity contribution >= 4 is 44.1 Å². The first-order chi connectivity index (χ1) is 17.8. The quantitative estimate of drug-likeness (QED) is 0.367. The van der Waals surface area contributed by atoms with Crippen LogP contribution in [0, 0.1) is 0 Å². The van der Waals surface area contributed by atoms with E-state index in [4.69, 9.17) is 4.98 Å². The number of nitrogens with one attached hydrogen (secondary N) is 2. The Balaban J connectivity index is 1.30. The predicted molar refractivity (Wildman–Crippen MR) is 150 cm³/mol. The first-order valence-electron chi connectivity index (χ1n) is 12.5. The lowest BCUT2D eigenvalue weighted by Gasteiger charge is -2.33. The van der Waals surface area contributed by atoms with E-state index >= 15 is 0 Å². The van der Waals surface area contributed by atoms with Crippen LogP contribution >= 0.6 is 0 Å². The van der Waals surface area contributed by atoms with Crippen LogP contribution in [0.4, 0.5) is 23.0 Å². The van der Waals surface area contributed by atoms with Crippen LogP contribution in [0.25, 0.3) is 11.0 Å². The number of piperazine rings is 1. The van der Waals surface area contributed by atoms with Crippen molar-refractivity contribution in [3.63, 3.8) is 0 Å². The molecule has 0 radical (unpaired) electrons. The number of aryl methyl sites for hydroxylation is 2. The summed E-state index contributed by atoms with van der Waals surface area (Å²) in [4.78, 5) is 11.7. The van der Waals surface area contributed by atoms with Crippen LogP contribution in [0.3, 0.4) is 0 Å². The smallest absolute Gasteiger partial charge is 0.232 e. The third kappa shape index (κ3) is 5.70. The van der Waals surface area contributed by atoms with Crippen LogP contribution in [0.5, 0.6) is 0 Å². The van der Waals surface area contributed by atoms with E-state index in [1.165, 1.54) is 16.2 Å². The second-order valence-electron chi connectivity index (χ2n) is 9.56. The van der Waals surface area contributed by atoms with E-state index in [9.17, 15) is 8.42 Å². The van der Waals surface area contributed by atoms with Crippen LogP contribution in [0.1, 0.15) is 12.5 Å². The average molecular weight is 520 g/mol. The first kappa shape index (κ1) is 25.0. The summed E-state index contributed by atoms with van der Waals surface area (Å²) in [5.41, 5.74) is 4.63. The summed E-state index contributed by atoms with van der Waals surface area (Å²) in [6.45, 7) is 5.86. The van der Waals surface area contributed by atoms with Crippen LogP contribution in [0.2, 0.25) is 0 Å². The van der Waals surface area contributed by atoms with Gasteiger partial charge in [-0.25, -0.2) is 13.4 Å². The Morgan fingerprint density at radius 3 is 2.68 bits per heavy atom. The number of benzene rings is 2. The molecule has 0 saturated carbocycles. The van der Waals surface area contributed by atoms with Crippen LogP contribution < -0.4 is 19.8 Å². The van der Waals surface area contributed by atoms with Crippen molar-refractivity contribution in [2.75, 3.05) is 47.5 Å². The SMILES string of the molecule is C[C@@H]1CN(c2ccc(Nc3ncc4ccn(CCc5ccccc5N(C)S(C)(=O)=O)c4n3)cc2)CCN1. The molecule has 1 fully saturated rings. The average Bonchev–Trinajstić information content (AvgIpc) is 3.29. The zero-order valence-electron chi connectivity index (χ0n) is 21.4. The van der Waals surface area contributed by atoms with Gasteiger partial charge in [0.2, 0.25) is 16.0 Å². The van der Waals surface area contributed by atoms with E-state index < -0.39 is 10.0 Å². The van der Waals surface area contributed by atoms with Crippen LogP contribution in [-0.2, 0) is 23.0 Å². The van der Waals surface area contributed by atoms with Crippen molar-refractivity contribution in [2.24, 2.45) is 0 Å². The Hall–Kier alpha value is -3.63. The van der Waals surface area contributed by atoms with Crippen molar-refractivity contribution in [3.8, 4) is 0 Å². The van der Waals surface area contributed by atoms with Gasteiger partial charge in [0.15, 0.2) is 0 Å². The Bertz CT molecular complexity index is 1480. The lowest BCUT2D eigenvalue weighted by Crippen LogP contribution is -2.49. The minimum Gasteiger partial charge on any atom is -0.369 e. The number of sulfonamides is 1. The lowest BCUT2D eigenvalue weighted by atomic mass is 10.1. The second kappa shape index (κ2) is 10.4. The topological polar surface area (TPSA) is 95.4 Å². The zero-order valence-corrected chi connectivity index (χ0v) is 22.2. The van der Waals surface area contributed by atoms with Gasteiger partial charge in [-0.1, -0.05) is 18.2 Å². The fourth-order valence-electron chi connectivity index (χ4n) is 4.71. The summed E-state index contributed by atoms with van der Waals surface area (Å²) >= 11 is 0. The van der Waals surface area contributed by atoms with Crippen molar-refractivity contribution in [2.45, 2.75) is 25.9 Å². The maximum Gasteiger partial charge on any atom is 0.232 e. The molecule has 2 aromatic heterocycles. The molecule has 4 aromatic rings. The van der Waals surface area contributed by atoms with Crippen LogP contribution in [-0.4, -0.2) is 61.9 Å². The van der Waals surface area contributed by atoms with E-state index in [1.807, 2.05) is 42.7 Å². The van der Waals surface area contributed by atoms with Gasteiger partial charge >= 0.3 is 0 Å². The lowest BCUT2D eigenvalue weighted by molar-refractivity contribution is 0.485. The third-order valence-electron chi connectivity index (χ3n) is 6.81. The number of hydrogen-bond acceptors (Lipinski definition) is 7. The van der Waals surface area contributed by atoms with E-state index in [0.29, 0.717) is 30.6 Å². The molecule has 1 aliphatic heterocycles. The molecule has 194 valence electrons. The highest BCUT2D eigenvalue weighted by Crippen LogP contribution is 2.24. The third-order valence-corrected chi connectivity index (χ3v) is 8.00. The standard InChI is InChI=1S/C27H33N7O2S/c1-20-19-34(17-14-28-20)24-10-8-23(9-11-24)30-27-29-18-22-13-16-33(26(22)31-27)15-12-21-6-4-5-7-25(21)32(2)37(3,35)36/h4-11,13,16,18,20,28H,12,14-15,17,19H2,1-3H3,(H,29,30,31)/t20-/m1/s1. The van der Waals surface area contributed by atoms with Crippen LogP contribution in [0.15, 0.2) is 67.0 Å². The minimum atomic E-state index is -3.34. The monoisotopic (exact) mass is 519 g/mol. The molecule has 0 aliphatic carbocycles. The number of anilines is 4. The largest absolute Gasteiger partial charge is 0.369 e. The molecule has 2 N–H and O–H groups in total. The molecule has 0 amide bonds. The normalized spacial score (nSPS) is 16.2. The maximum atomic E-state index is 12.1. The highest BCUT2D eigenvalue weighted by atomic mass is 32.2. The fraction of sp³-hybridized carbons (Fsp3) is 0.333. The van der Waals surface area contributed by atoms with Crippen molar-refractivity contribution in [3.05, 3.63) is 72.6 Å².